The standard InChI is InChI=1S/C12H17NO2/c1-3-13-11-6-4-10(8-9(11)2)5-7-12(14)15/h4,6,8,13H,3,5,7H2,1-2H3,(H,14,15). The van der Waals surface area contributed by atoms with Crippen LogP contribution in [0.1, 0.15) is 24.5 Å². The first-order chi connectivity index (χ1) is 7.13. The lowest BCUT2D eigenvalue weighted by Gasteiger charge is -2.08. The van der Waals surface area contributed by atoms with Crippen molar-refractivity contribution in [2.75, 3.05) is 11.9 Å². The summed E-state index contributed by atoms with van der Waals surface area (Å²) in [6, 6.07) is 6.03. The molecule has 0 atom stereocenters. The molecule has 0 aliphatic heterocycles. The first-order valence-electron chi connectivity index (χ1n) is 5.18. The number of benzene rings is 1. The first kappa shape index (κ1) is 11.6. The molecule has 0 spiro atoms. The number of hydrogen-bond donors (Lipinski definition) is 2. The fourth-order valence-corrected chi connectivity index (χ4v) is 1.52. The molecule has 2 N–H and O–H groups in total. The van der Waals surface area contributed by atoms with Crippen LogP contribution in [0.5, 0.6) is 0 Å². The smallest absolute Gasteiger partial charge is 0.303 e. The molecule has 0 unspecified atom stereocenters. The number of carboxylic acid groups (broad SMARTS) is 1. The zero-order valence-corrected chi connectivity index (χ0v) is 9.21. The average molecular weight is 207 g/mol. The maximum Gasteiger partial charge on any atom is 0.303 e. The predicted octanol–water partition coefficient (Wildman–Crippen LogP) is 2.44. The highest BCUT2D eigenvalue weighted by molar-refractivity contribution is 5.67. The second-order valence-corrected chi connectivity index (χ2v) is 3.57. The molecule has 82 valence electrons. The van der Waals surface area contributed by atoms with Gasteiger partial charge in [0, 0.05) is 18.7 Å². The fourth-order valence-electron chi connectivity index (χ4n) is 1.52. The van der Waals surface area contributed by atoms with E-state index in [1.165, 1.54) is 5.56 Å². The van der Waals surface area contributed by atoms with Crippen molar-refractivity contribution in [2.45, 2.75) is 26.7 Å². The maximum atomic E-state index is 10.4. The summed E-state index contributed by atoms with van der Waals surface area (Å²) >= 11 is 0. The topological polar surface area (TPSA) is 49.3 Å². The van der Waals surface area contributed by atoms with Crippen LogP contribution in [0.4, 0.5) is 5.69 Å². The van der Waals surface area contributed by atoms with Crippen LogP contribution in [0.25, 0.3) is 0 Å². The summed E-state index contributed by atoms with van der Waals surface area (Å²) < 4.78 is 0. The molecule has 3 nitrogen and oxygen atoms in total. The molecule has 1 aromatic carbocycles. The number of aryl methyl sites for hydroxylation is 2. The lowest BCUT2D eigenvalue weighted by atomic mass is 10.1. The van der Waals surface area contributed by atoms with Gasteiger partial charge in [0.05, 0.1) is 0 Å². The Hall–Kier alpha value is -1.51. The number of nitrogens with one attached hydrogen (secondary N) is 1. The summed E-state index contributed by atoms with van der Waals surface area (Å²) in [4.78, 5) is 10.4. The summed E-state index contributed by atoms with van der Waals surface area (Å²) in [5.74, 6) is -0.747. The van der Waals surface area contributed by atoms with E-state index in [1.54, 1.807) is 0 Å². The molecule has 0 bridgehead atoms. The van der Waals surface area contributed by atoms with E-state index in [1.807, 2.05) is 25.1 Å². The van der Waals surface area contributed by atoms with Crippen molar-refractivity contribution in [1.82, 2.24) is 0 Å². The van der Waals surface area contributed by atoms with E-state index in [4.69, 9.17) is 5.11 Å². The molecule has 1 rings (SSSR count). The van der Waals surface area contributed by atoms with Crippen molar-refractivity contribution in [1.29, 1.82) is 0 Å². The van der Waals surface area contributed by atoms with E-state index in [0.717, 1.165) is 17.8 Å². The summed E-state index contributed by atoms with van der Waals surface area (Å²) in [5.41, 5.74) is 3.37. The SMILES string of the molecule is CCNc1ccc(CCC(=O)O)cc1C. The number of aliphatic carboxylic acids is 1. The zero-order valence-electron chi connectivity index (χ0n) is 9.21. The molecule has 0 aromatic heterocycles. The van der Waals surface area contributed by atoms with E-state index >= 15 is 0 Å². The van der Waals surface area contributed by atoms with Crippen molar-refractivity contribution in [3.63, 3.8) is 0 Å². The molecule has 0 radical (unpaired) electrons. The largest absolute Gasteiger partial charge is 0.481 e. The first-order valence-corrected chi connectivity index (χ1v) is 5.18. The Morgan fingerprint density at radius 3 is 2.73 bits per heavy atom. The monoisotopic (exact) mass is 207 g/mol. The Bertz CT molecular complexity index is 347. The van der Waals surface area contributed by atoms with Crippen LogP contribution < -0.4 is 5.32 Å². The minimum atomic E-state index is -0.747. The number of carbonyl (C=O) groups is 1. The minimum Gasteiger partial charge on any atom is -0.481 e. The van der Waals surface area contributed by atoms with E-state index in [9.17, 15) is 4.79 Å². The molecule has 0 fully saturated rings. The molecule has 0 aliphatic carbocycles. The summed E-state index contributed by atoms with van der Waals surface area (Å²) in [6.07, 6.45) is 0.794. The van der Waals surface area contributed by atoms with Crippen LogP contribution in [-0.4, -0.2) is 17.6 Å². The van der Waals surface area contributed by atoms with Gasteiger partial charge in [0.15, 0.2) is 0 Å². The van der Waals surface area contributed by atoms with E-state index in [2.05, 4.69) is 12.2 Å². The maximum absolute atomic E-state index is 10.4. The van der Waals surface area contributed by atoms with Crippen molar-refractivity contribution in [3.05, 3.63) is 29.3 Å². The van der Waals surface area contributed by atoms with Crippen LogP contribution >= 0.6 is 0 Å². The van der Waals surface area contributed by atoms with Gasteiger partial charge in [-0.2, -0.15) is 0 Å². The molecule has 0 amide bonds. The highest BCUT2D eigenvalue weighted by atomic mass is 16.4. The molecule has 0 saturated carbocycles. The Morgan fingerprint density at radius 1 is 1.47 bits per heavy atom. The third-order valence-electron chi connectivity index (χ3n) is 2.29. The Balaban J connectivity index is 2.68. The third kappa shape index (κ3) is 3.62. The molecule has 15 heavy (non-hydrogen) atoms. The van der Waals surface area contributed by atoms with Gasteiger partial charge in [-0.1, -0.05) is 12.1 Å². The van der Waals surface area contributed by atoms with Crippen LogP contribution in [0.2, 0.25) is 0 Å². The number of anilines is 1. The molecular weight excluding hydrogens is 190 g/mol. The van der Waals surface area contributed by atoms with Gasteiger partial charge >= 0.3 is 5.97 Å². The molecule has 1 aromatic rings. The van der Waals surface area contributed by atoms with E-state index in [-0.39, 0.29) is 6.42 Å². The molecular formula is C12H17NO2. The zero-order chi connectivity index (χ0) is 11.3. The highest BCUT2D eigenvalue weighted by Gasteiger charge is 2.01. The van der Waals surface area contributed by atoms with Gasteiger partial charge in [0.2, 0.25) is 0 Å². The van der Waals surface area contributed by atoms with E-state index in [0.29, 0.717) is 6.42 Å². The summed E-state index contributed by atoms with van der Waals surface area (Å²) in [5, 5.41) is 11.8. The van der Waals surface area contributed by atoms with Gasteiger partial charge in [-0.05, 0) is 37.5 Å². The minimum absolute atomic E-state index is 0.194. The Morgan fingerprint density at radius 2 is 2.20 bits per heavy atom. The van der Waals surface area contributed by atoms with Crippen LogP contribution in [-0.2, 0) is 11.2 Å². The van der Waals surface area contributed by atoms with Gasteiger partial charge in [-0.25, -0.2) is 0 Å². The normalized spacial score (nSPS) is 10.0. The summed E-state index contributed by atoms with van der Waals surface area (Å²) in [7, 11) is 0. The molecule has 0 aliphatic rings. The van der Waals surface area contributed by atoms with E-state index < -0.39 is 5.97 Å². The van der Waals surface area contributed by atoms with Crippen LogP contribution in [0, 0.1) is 6.92 Å². The van der Waals surface area contributed by atoms with Gasteiger partial charge in [0.25, 0.3) is 0 Å². The van der Waals surface area contributed by atoms with Gasteiger partial charge in [-0.3, -0.25) is 4.79 Å². The second kappa shape index (κ2) is 5.39. The molecule has 0 saturated heterocycles. The third-order valence-corrected chi connectivity index (χ3v) is 2.29. The lowest BCUT2D eigenvalue weighted by Crippen LogP contribution is -2.01. The van der Waals surface area contributed by atoms with Crippen molar-refractivity contribution < 1.29 is 9.90 Å². The van der Waals surface area contributed by atoms with Gasteiger partial charge in [0.1, 0.15) is 0 Å². The quantitative estimate of drug-likeness (QED) is 0.779. The fraction of sp³-hybridized carbons (Fsp3) is 0.417. The second-order valence-electron chi connectivity index (χ2n) is 3.57. The number of hydrogen-bond acceptors (Lipinski definition) is 2. The van der Waals surface area contributed by atoms with Gasteiger partial charge in [-0.15, -0.1) is 0 Å². The van der Waals surface area contributed by atoms with Crippen molar-refractivity contribution >= 4 is 11.7 Å². The van der Waals surface area contributed by atoms with Crippen molar-refractivity contribution in [3.8, 4) is 0 Å². The van der Waals surface area contributed by atoms with Crippen molar-refractivity contribution in [2.24, 2.45) is 0 Å². The van der Waals surface area contributed by atoms with Crippen LogP contribution in [0.3, 0.4) is 0 Å². The number of rotatable bonds is 5. The Kier molecular flexibility index (Phi) is 4.16. The van der Waals surface area contributed by atoms with Crippen LogP contribution in [0.15, 0.2) is 18.2 Å². The molecule has 0 heterocycles. The predicted molar refractivity (Wildman–Crippen MR) is 61.3 cm³/mol. The lowest BCUT2D eigenvalue weighted by molar-refractivity contribution is -0.136. The molecule has 3 heteroatoms. The number of carboxylic acids is 1. The Labute approximate surface area is 90.1 Å². The highest BCUT2D eigenvalue weighted by Crippen LogP contribution is 2.17. The average Bonchev–Trinajstić information content (AvgIpc) is 2.19. The van der Waals surface area contributed by atoms with Gasteiger partial charge < -0.3 is 10.4 Å². The summed E-state index contributed by atoms with van der Waals surface area (Å²) in [6.45, 7) is 4.98.